The van der Waals surface area contributed by atoms with Gasteiger partial charge in [-0.05, 0) is 44.0 Å². The molecule has 23 heavy (non-hydrogen) atoms. The Kier molecular flexibility index (Phi) is 6.15. The number of nitrogens with zero attached hydrogens (tertiary/aromatic N) is 2. The van der Waals surface area contributed by atoms with Crippen LogP contribution in [0.4, 0.5) is 4.39 Å². The molecule has 2 N–H and O–H groups in total. The molecule has 0 fully saturated rings. The van der Waals surface area contributed by atoms with E-state index < -0.39 is 0 Å². The topological polar surface area (TPSA) is 62.5 Å². The molecule has 0 saturated heterocycles. The maximum atomic E-state index is 13.7. The number of aromatic nitrogens is 1. The van der Waals surface area contributed by atoms with E-state index in [1.807, 2.05) is 13.8 Å². The van der Waals surface area contributed by atoms with E-state index in [0.717, 1.165) is 15.9 Å². The first kappa shape index (κ1) is 17.5. The standard InChI is InChI=1S/C16H20BrFN4O/c1-10-11(2)23-15(22-10)9-21-16(19-3)20-7-6-12-8-13(17)4-5-14(12)18/h4-5,8H,6-7,9H2,1-3H3,(H2,19,20,21). The van der Waals surface area contributed by atoms with Crippen molar-refractivity contribution >= 4 is 21.9 Å². The molecule has 1 aromatic heterocycles. The van der Waals surface area contributed by atoms with E-state index in [4.69, 9.17) is 4.42 Å². The van der Waals surface area contributed by atoms with Gasteiger partial charge < -0.3 is 15.1 Å². The highest BCUT2D eigenvalue weighted by molar-refractivity contribution is 9.10. The molecule has 0 aliphatic heterocycles. The smallest absolute Gasteiger partial charge is 0.214 e. The molecular formula is C16H20BrFN4O. The SMILES string of the molecule is CN=C(NCCc1cc(Br)ccc1F)NCc1nc(C)c(C)o1. The van der Waals surface area contributed by atoms with E-state index in [1.54, 1.807) is 19.2 Å². The molecule has 0 bridgehead atoms. The second kappa shape index (κ2) is 8.10. The van der Waals surface area contributed by atoms with Gasteiger partial charge in [0.2, 0.25) is 5.89 Å². The number of rotatable bonds is 5. The zero-order valence-electron chi connectivity index (χ0n) is 13.4. The lowest BCUT2D eigenvalue weighted by molar-refractivity contribution is 0.463. The summed E-state index contributed by atoms with van der Waals surface area (Å²) in [5.74, 6) is 1.84. The van der Waals surface area contributed by atoms with Crippen molar-refractivity contribution < 1.29 is 8.81 Å². The maximum absolute atomic E-state index is 13.7. The predicted molar refractivity (Wildman–Crippen MR) is 92.0 cm³/mol. The summed E-state index contributed by atoms with van der Waals surface area (Å²) in [7, 11) is 1.68. The third-order valence-corrected chi connectivity index (χ3v) is 3.89. The molecule has 1 heterocycles. The molecule has 0 radical (unpaired) electrons. The van der Waals surface area contributed by atoms with Gasteiger partial charge in [0.1, 0.15) is 11.6 Å². The van der Waals surface area contributed by atoms with Crippen molar-refractivity contribution in [2.24, 2.45) is 4.99 Å². The molecule has 2 rings (SSSR count). The number of halogens is 2. The van der Waals surface area contributed by atoms with Gasteiger partial charge in [-0.15, -0.1) is 0 Å². The van der Waals surface area contributed by atoms with E-state index in [-0.39, 0.29) is 5.82 Å². The first-order valence-electron chi connectivity index (χ1n) is 7.31. The van der Waals surface area contributed by atoms with Gasteiger partial charge >= 0.3 is 0 Å². The monoisotopic (exact) mass is 382 g/mol. The van der Waals surface area contributed by atoms with Crippen molar-refractivity contribution in [2.75, 3.05) is 13.6 Å². The number of hydrogen-bond donors (Lipinski definition) is 2. The zero-order valence-corrected chi connectivity index (χ0v) is 15.0. The van der Waals surface area contributed by atoms with Crippen LogP contribution in [0.2, 0.25) is 0 Å². The lowest BCUT2D eigenvalue weighted by atomic mass is 10.1. The second-order valence-corrected chi connectivity index (χ2v) is 6.00. The van der Waals surface area contributed by atoms with Crippen LogP contribution in [0.1, 0.15) is 22.9 Å². The van der Waals surface area contributed by atoms with Crippen molar-refractivity contribution in [3.8, 4) is 0 Å². The van der Waals surface area contributed by atoms with Gasteiger partial charge in [-0.1, -0.05) is 15.9 Å². The average Bonchev–Trinajstić information content (AvgIpc) is 2.84. The van der Waals surface area contributed by atoms with Crippen LogP contribution in [0.25, 0.3) is 0 Å². The summed E-state index contributed by atoms with van der Waals surface area (Å²) in [6, 6.07) is 4.93. The van der Waals surface area contributed by atoms with Crippen LogP contribution >= 0.6 is 15.9 Å². The lowest BCUT2D eigenvalue weighted by Crippen LogP contribution is -2.38. The third kappa shape index (κ3) is 5.06. The molecule has 0 atom stereocenters. The van der Waals surface area contributed by atoms with Crippen LogP contribution in [0.5, 0.6) is 0 Å². The molecule has 124 valence electrons. The zero-order chi connectivity index (χ0) is 16.8. The Hall–Kier alpha value is -1.89. The Morgan fingerprint density at radius 2 is 2.13 bits per heavy atom. The summed E-state index contributed by atoms with van der Waals surface area (Å²) < 4.78 is 20.0. The van der Waals surface area contributed by atoms with Gasteiger partial charge in [-0.2, -0.15) is 0 Å². The molecule has 0 aliphatic carbocycles. The molecule has 0 spiro atoms. The van der Waals surface area contributed by atoms with Crippen LogP contribution in [0, 0.1) is 19.7 Å². The van der Waals surface area contributed by atoms with Crippen molar-refractivity contribution in [1.82, 2.24) is 15.6 Å². The Balaban J connectivity index is 1.82. The summed E-state index contributed by atoms with van der Waals surface area (Å²) in [5.41, 5.74) is 1.54. The molecule has 2 aromatic rings. The minimum absolute atomic E-state index is 0.205. The molecule has 0 aliphatic rings. The van der Waals surface area contributed by atoms with Crippen LogP contribution in [-0.4, -0.2) is 24.5 Å². The summed E-state index contributed by atoms with van der Waals surface area (Å²) in [6.07, 6.45) is 0.559. The minimum Gasteiger partial charge on any atom is -0.444 e. The number of oxazole rings is 1. The van der Waals surface area contributed by atoms with E-state index in [9.17, 15) is 4.39 Å². The van der Waals surface area contributed by atoms with E-state index in [1.165, 1.54) is 6.07 Å². The highest BCUT2D eigenvalue weighted by atomic mass is 79.9. The van der Waals surface area contributed by atoms with E-state index in [0.29, 0.717) is 36.9 Å². The minimum atomic E-state index is -0.205. The number of aliphatic imine (C=N–C) groups is 1. The highest BCUT2D eigenvalue weighted by Gasteiger charge is 2.07. The van der Waals surface area contributed by atoms with E-state index in [2.05, 4.69) is 36.5 Å². The molecular weight excluding hydrogens is 363 g/mol. The second-order valence-electron chi connectivity index (χ2n) is 5.09. The highest BCUT2D eigenvalue weighted by Crippen LogP contribution is 2.15. The van der Waals surface area contributed by atoms with Gasteiger partial charge in [-0.25, -0.2) is 9.37 Å². The molecule has 0 saturated carbocycles. The third-order valence-electron chi connectivity index (χ3n) is 3.40. The van der Waals surface area contributed by atoms with Crippen molar-refractivity contribution in [3.05, 3.63) is 51.4 Å². The Morgan fingerprint density at radius 3 is 2.78 bits per heavy atom. The summed E-state index contributed by atoms with van der Waals surface area (Å²) >= 11 is 3.35. The average molecular weight is 383 g/mol. The van der Waals surface area contributed by atoms with Gasteiger partial charge in [-0.3, -0.25) is 4.99 Å². The van der Waals surface area contributed by atoms with Crippen LogP contribution in [-0.2, 0) is 13.0 Å². The first-order chi connectivity index (χ1) is 11.0. The van der Waals surface area contributed by atoms with Crippen molar-refractivity contribution in [3.63, 3.8) is 0 Å². The number of hydrogen-bond acceptors (Lipinski definition) is 3. The fraction of sp³-hybridized carbons (Fsp3) is 0.375. The fourth-order valence-corrected chi connectivity index (χ4v) is 2.45. The Morgan fingerprint density at radius 1 is 1.35 bits per heavy atom. The van der Waals surface area contributed by atoms with Crippen LogP contribution in [0.15, 0.2) is 32.1 Å². The molecule has 7 heteroatoms. The van der Waals surface area contributed by atoms with Gasteiger partial charge in [0, 0.05) is 18.1 Å². The number of benzene rings is 1. The summed E-state index contributed by atoms with van der Waals surface area (Å²) in [4.78, 5) is 8.42. The van der Waals surface area contributed by atoms with Crippen LogP contribution < -0.4 is 10.6 Å². The van der Waals surface area contributed by atoms with Crippen LogP contribution in [0.3, 0.4) is 0 Å². The van der Waals surface area contributed by atoms with Gasteiger partial charge in [0.25, 0.3) is 0 Å². The number of nitrogens with one attached hydrogen (secondary N) is 2. The predicted octanol–water partition coefficient (Wildman–Crippen LogP) is 3.10. The molecule has 0 amide bonds. The molecule has 0 unspecified atom stereocenters. The van der Waals surface area contributed by atoms with Gasteiger partial charge in [0.15, 0.2) is 5.96 Å². The summed E-state index contributed by atoms with van der Waals surface area (Å²) in [5, 5.41) is 6.26. The number of guanidine groups is 1. The first-order valence-corrected chi connectivity index (χ1v) is 8.10. The Bertz CT molecular complexity index is 680. The fourth-order valence-electron chi connectivity index (χ4n) is 2.05. The maximum Gasteiger partial charge on any atom is 0.214 e. The van der Waals surface area contributed by atoms with E-state index >= 15 is 0 Å². The number of aryl methyl sites for hydroxylation is 2. The Labute approximate surface area is 143 Å². The summed E-state index contributed by atoms with van der Waals surface area (Å²) in [6.45, 7) is 4.80. The van der Waals surface area contributed by atoms with Gasteiger partial charge in [0.05, 0.1) is 12.2 Å². The van der Waals surface area contributed by atoms with Crippen molar-refractivity contribution in [1.29, 1.82) is 0 Å². The molecule has 1 aromatic carbocycles. The normalized spacial score (nSPS) is 11.6. The van der Waals surface area contributed by atoms with Crippen molar-refractivity contribution in [2.45, 2.75) is 26.8 Å². The molecule has 5 nitrogen and oxygen atoms in total. The lowest BCUT2D eigenvalue weighted by Gasteiger charge is -2.11. The largest absolute Gasteiger partial charge is 0.444 e. The quantitative estimate of drug-likeness (QED) is 0.615.